The Hall–Kier alpha value is -2.68. The highest BCUT2D eigenvalue weighted by molar-refractivity contribution is 6.32. The number of likely N-dealkylation sites (tertiary alicyclic amines) is 1. The third kappa shape index (κ3) is 5.04. The molecule has 1 saturated heterocycles. The van der Waals surface area contributed by atoms with Gasteiger partial charge in [-0.3, -0.25) is 9.97 Å². The van der Waals surface area contributed by atoms with Crippen LogP contribution in [0.2, 0.25) is 5.02 Å². The Kier molecular flexibility index (Phi) is 6.99. The van der Waals surface area contributed by atoms with Crippen molar-refractivity contribution < 1.29 is 14.2 Å². The molecule has 180 valence electrons. The fourth-order valence-corrected chi connectivity index (χ4v) is 5.04. The van der Waals surface area contributed by atoms with Gasteiger partial charge in [-0.1, -0.05) is 11.6 Å². The minimum atomic E-state index is 0.424. The molecule has 0 amide bonds. The number of aryl methyl sites for hydroxylation is 1. The Morgan fingerprint density at radius 3 is 2.82 bits per heavy atom. The maximum atomic E-state index is 6.53. The Morgan fingerprint density at radius 1 is 1.15 bits per heavy atom. The molecule has 9 heteroatoms. The molecule has 0 bridgehead atoms. The van der Waals surface area contributed by atoms with Crippen LogP contribution in [0.3, 0.4) is 0 Å². The van der Waals surface area contributed by atoms with Crippen LogP contribution in [-0.2, 0) is 13.0 Å². The van der Waals surface area contributed by atoms with Crippen LogP contribution in [0.15, 0.2) is 30.6 Å². The maximum Gasteiger partial charge on any atom is 0.213 e. The minimum absolute atomic E-state index is 0.424. The molecule has 0 radical (unpaired) electrons. The third-order valence-corrected chi connectivity index (χ3v) is 7.04. The molecule has 0 saturated carbocycles. The van der Waals surface area contributed by atoms with Gasteiger partial charge in [0.05, 0.1) is 35.1 Å². The first-order valence-electron chi connectivity index (χ1n) is 11.8. The van der Waals surface area contributed by atoms with Gasteiger partial charge in [0, 0.05) is 49.1 Å². The molecule has 1 fully saturated rings. The lowest BCUT2D eigenvalue weighted by molar-refractivity contribution is 0.145. The molecule has 34 heavy (non-hydrogen) atoms. The van der Waals surface area contributed by atoms with Gasteiger partial charge in [-0.2, -0.15) is 0 Å². The first-order valence-corrected chi connectivity index (χ1v) is 12.1. The van der Waals surface area contributed by atoms with Crippen molar-refractivity contribution >= 4 is 22.6 Å². The molecule has 0 aromatic carbocycles. The molecule has 1 N–H and O–H groups in total. The Balaban J connectivity index is 1.16. The van der Waals surface area contributed by atoms with E-state index in [1.165, 1.54) is 0 Å². The Labute approximate surface area is 204 Å². The van der Waals surface area contributed by atoms with Gasteiger partial charge in [-0.15, -0.1) is 0 Å². The number of rotatable bonds is 7. The fourth-order valence-electron chi connectivity index (χ4n) is 4.81. The molecule has 3 aromatic rings. The lowest BCUT2D eigenvalue weighted by Crippen LogP contribution is -2.48. The monoisotopic (exact) mass is 483 g/mol. The lowest BCUT2D eigenvalue weighted by Gasteiger charge is -2.38. The second-order valence-corrected chi connectivity index (χ2v) is 9.32. The average molecular weight is 484 g/mol. The van der Waals surface area contributed by atoms with Crippen molar-refractivity contribution in [2.24, 2.45) is 0 Å². The highest BCUT2D eigenvalue weighted by Gasteiger charge is 2.26. The molecule has 3 aromatic heterocycles. The second-order valence-electron chi connectivity index (χ2n) is 8.91. The summed E-state index contributed by atoms with van der Waals surface area (Å²) in [6.45, 7) is 2.87. The zero-order valence-electron chi connectivity index (χ0n) is 19.6. The number of hydrogen-bond donors (Lipinski definition) is 1. The topological polar surface area (TPSA) is 81.6 Å². The summed E-state index contributed by atoms with van der Waals surface area (Å²) >= 11 is 6.53. The number of hydrogen-bond acceptors (Lipinski definition) is 8. The maximum absolute atomic E-state index is 6.53. The van der Waals surface area contributed by atoms with Crippen molar-refractivity contribution in [3.05, 3.63) is 46.9 Å². The second kappa shape index (κ2) is 10.3. The molecule has 0 aliphatic carbocycles. The highest BCUT2D eigenvalue weighted by Crippen LogP contribution is 2.30. The average Bonchev–Trinajstić information content (AvgIpc) is 2.87. The van der Waals surface area contributed by atoms with Gasteiger partial charge >= 0.3 is 0 Å². The van der Waals surface area contributed by atoms with Crippen LogP contribution < -0.4 is 19.5 Å². The van der Waals surface area contributed by atoms with Crippen LogP contribution in [0.25, 0.3) is 11.0 Å². The number of fused-ring (bicyclic) bond motifs is 2. The van der Waals surface area contributed by atoms with Crippen LogP contribution in [0.1, 0.15) is 30.5 Å². The van der Waals surface area contributed by atoms with Crippen molar-refractivity contribution in [3.63, 3.8) is 0 Å². The van der Waals surface area contributed by atoms with E-state index in [0.29, 0.717) is 42.7 Å². The van der Waals surface area contributed by atoms with Crippen molar-refractivity contribution in [3.8, 4) is 17.4 Å². The number of piperidine rings is 1. The molecule has 0 spiro atoms. The largest absolute Gasteiger partial charge is 0.486 e. The Bertz CT molecular complexity index is 1160. The van der Waals surface area contributed by atoms with Crippen molar-refractivity contribution in [1.29, 1.82) is 0 Å². The van der Waals surface area contributed by atoms with E-state index in [1.54, 1.807) is 19.5 Å². The molecule has 2 aliphatic heterocycles. The third-order valence-electron chi connectivity index (χ3n) is 6.71. The standard InChI is InChI=1S/C25H30ClN5O3/c1-31-15-16(27-12-17-11-22-23(14-28-17)34-10-9-33-22)3-4-18(31)5-6-19-20(26)13-29-21-7-8-24(32-2)30-25(19)21/h7-8,11,13-14,16,18,27H,3-6,9-10,12,15H2,1-2H3/t16-,18+/m1/s1. The lowest BCUT2D eigenvalue weighted by atomic mass is 9.93. The van der Waals surface area contributed by atoms with Gasteiger partial charge in [-0.05, 0) is 38.8 Å². The molecule has 0 unspecified atom stereocenters. The predicted molar refractivity (Wildman–Crippen MR) is 131 cm³/mol. The van der Waals surface area contributed by atoms with Crippen LogP contribution in [0.4, 0.5) is 0 Å². The number of methoxy groups -OCH3 is 1. The summed E-state index contributed by atoms with van der Waals surface area (Å²) in [6.07, 6.45) is 7.60. The van der Waals surface area contributed by atoms with Crippen molar-refractivity contribution in [1.82, 2.24) is 25.2 Å². The summed E-state index contributed by atoms with van der Waals surface area (Å²) in [6, 6.07) is 6.65. The molecule has 2 aliphatic rings. The van der Waals surface area contributed by atoms with E-state index in [-0.39, 0.29) is 0 Å². The van der Waals surface area contributed by atoms with Gasteiger partial charge in [0.15, 0.2) is 11.5 Å². The molecule has 2 atom stereocenters. The van der Waals surface area contributed by atoms with E-state index in [1.807, 2.05) is 18.2 Å². The number of aromatic nitrogens is 3. The zero-order chi connectivity index (χ0) is 23.5. The van der Waals surface area contributed by atoms with E-state index in [9.17, 15) is 0 Å². The quantitative estimate of drug-likeness (QED) is 0.545. The number of nitrogens with zero attached hydrogens (tertiary/aromatic N) is 4. The molecular formula is C25H30ClN5O3. The summed E-state index contributed by atoms with van der Waals surface area (Å²) in [5.41, 5.74) is 3.69. The van der Waals surface area contributed by atoms with Gasteiger partial charge in [-0.25, -0.2) is 4.98 Å². The summed E-state index contributed by atoms with van der Waals surface area (Å²) in [5, 5.41) is 4.33. The summed E-state index contributed by atoms with van der Waals surface area (Å²) in [4.78, 5) is 16.0. The van der Waals surface area contributed by atoms with E-state index < -0.39 is 0 Å². The van der Waals surface area contributed by atoms with E-state index in [0.717, 1.165) is 66.0 Å². The van der Waals surface area contributed by atoms with Crippen LogP contribution in [-0.4, -0.2) is 65.9 Å². The number of ether oxygens (including phenoxy) is 3. The van der Waals surface area contributed by atoms with E-state index in [4.69, 9.17) is 25.8 Å². The normalized spacial score (nSPS) is 20.4. The van der Waals surface area contributed by atoms with Crippen LogP contribution in [0, 0.1) is 0 Å². The zero-order valence-corrected chi connectivity index (χ0v) is 20.3. The summed E-state index contributed by atoms with van der Waals surface area (Å²) < 4.78 is 16.5. The fraction of sp³-hybridized carbons (Fsp3) is 0.480. The van der Waals surface area contributed by atoms with Crippen LogP contribution >= 0.6 is 11.6 Å². The van der Waals surface area contributed by atoms with E-state index >= 15 is 0 Å². The molecular weight excluding hydrogens is 454 g/mol. The number of halogens is 1. The van der Waals surface area contributed by atoms with Gasteiger partial charge in [0.2, 0.25) is 5.88 Å². The summed E-state index contributed by atoms with van der Waals surface area (Å²) in [5.74, 6) is 2.09. The molecule has 8 nitrogen and oxygen atoms in total. The number of pyridine rings is 3. The molecule has 5 heterocycles. The minimum Gasteiger partial charge on any atom is -0.486 e. The van der Waals surface area contributed by atoms with Crippen LogP contribution in [0.5, 0.6) is 17.4 Å². The van der Waals surface area contributed by atoms with Gasteiger partial charge in [0.25, 0.3) is 0 Å². The van der Waals surface area contributed by atoms with Crippen molar-refractivity contribution in [2.45, 2.75) is 44.3 Å². The highest BCUT2D eigenvalue weighted by atomic mass is 35.5. The number of nitrogens with one attached hydrogen (secondary N) is 1. The SMILES string of the molecule is COc1ccc2ncc(Cl)c(CC[C@@H]3CC[C@@H](NCc4cc5c(cn4)OCCO5)CN3C)c2n1. The number of likely N-dealkylation sites (N-methyl/N-ethyl adjacent to an activating group) is 1. The predicted octanol–water partition coefficient (Wildman–Crippen LogP) is 3.64. The van der Waals surface area contributed by atoms with Gasteiger partial charge in [0.1, 0.15) is 13.2 Å². The van der Waals surface area contributed by atoms with E-state index in [2.05, 4.69) is 32.2 Å². The van der Waals surface area contributed by atoms with Gasteiger partial charge < -0.3 is 24.4 Å². The van der Waals surface area contributed by atoms with Crippen molar-refractivity contribution in [2.75, 3.05) is 33.9 Å². The molecule has 5 rings (SSSR count). The first kappa shape index (κ1) is 23.1. The Morgan fingerprint density at radius 2 is 2.00 bits per heavy atom. The first-order chi connectivity index (χ1) is 16.6. The summed E-state index contributed by atoms with van der Waals surface area (Å²) in [7, 11) is 3.82. The smallest absolute Gasteiger partial charge is 0.213 e.